The van der Waals surface area contributed by atoms with Crippen molar-refractivity contribution >= 4 is 23.5 Å². The Morgan fingerprint density at radius 1 is 1.62 bits per heavy atom. The van der Waals surface area contributed by atoms with Crippen LogP contribution in [0.2, 0.25) is 0 Å². The summed E-state index contributed by atoms with van der Waals surface area (Å²) in [6.07, 6.45) is 6.34. The number of hydrogen-bond acceptors (Lipinski definition) is 4. The van der Waals surface area contributed by atoms with E-state index in [9.17, 15) is 0 Å². The molecule has 0 radical (unpaired) electrons. The van der Waals surface area contributed by atoms with Crippen LogP contribution in [0.15, 0.2) is 23.7 Å². The molecule has 5 nitrogen and oxygen atoms in total. The normalized spacial score (nSPS) is 9.92. The van der Waals surface area contributed by atoms with E-state index in [1.807, 2.05) is 0 Å². The zero-order chi connectivity index (χ0) is 9.52. The first-order chi connectivity index (χ1) is 6.33. The van der Waals surface area contributed by atoms with E-state index in [1.165, 1.54) is 6.21 Å². The first kappa shape index (κ1) is 9.53. The number of hydrogen-bond donors (Lipinski definition) is 2. The molecule has 0 atom stereocenters. The number of nitrogens with one attached hydrogen (secondary N) is 2. The van der Waals surface area contributed by atoms with Crippen molar-refractivity contribution in [3.8, 4) is 0 Å². The lowest BCUT2D eigenvalue weighted by atomic mass is 10.5. The molecule has 1 heterocycles. The van der Waals surface area contributed by atoms with Gasteiger partial charge in [-0.05, 0) is 12.2 Å². The van der Waals surface area contributed by atoms with E-state index in [2.05, 4.69) is 25.8 Å². The first-order valence-corrected chi connectivity index (χ1v) is 4.00. The number of thiocarbonyl (C=S) groups is 1. The minimum Gasteiger partial charge on any atom is -0.364 e. The Hall–Kier alpha value is -1.56. The summed E-state index contributed by atoms with van der Waals surface area (Å²) in [4.78, 5) is 7.86. The van der Waals surface area contributed by atoms with Crippen LogP contribution in [0.5, 0.6) is 0 Å². The average molecular weight is 195 g/mol. The number of aromatic nitrogens is 2. The molecule has 0 fully saturated rings. The molecule has 0 spiro atoms. The second kappa shape index (κ2) is 5.15. The fourth-order valence-corrected chi connectivity index (χ4v) is 0.643. The van der Waals surface area contributed by atoms with Crippen molar-refractivity contribution < 1.29 is 0 Å². The molecule has 6 heteroatoms. The van der Waals surface area contributed by atoms with Gasteiger partial charge in [0.1, 0.15) is 5.69 Å². The van der Waals surface area contributed by atoms with Crippen LogP contribution in [0, 0.1) is 0 Å². The van der Waals surface area contributed by atoms with E-state index in [0.29, 0.717) is 10.8 Å². The van der Waals surface area contributed by atoms with Gasteiger partial charge in [-0.1, -0.05) is 0 Å². The zero-order valence-electron chi connectivity index (χ0n) is 7.06. The predicted octanol–water partition coefficient (Wildman–Crippen LogP) is -0.0956. The van der Waals surface area contributed by atoms with E-state index < -0.39 is 0 Å². The number of hydrazone groups is 1. The minimum atomic E-state index is 0.458. The van der Waals surface area contributed by atoms with Crippen molar-refractivity contribution in [2.75, 3.05) is 7.05 Å². The van der Waals surface area contributed by atoms with Crippen molar-refractivity contribution in [1.82, 2.24) is 20.7 Å². The quantitative estimate of drug-likeness (QED) is 0.392. The molecule has 0 aliphatic heterocycles. The number of nitrogens with zero attached hydrogens (tertiary/aromatic N) is 3. The summed E-state index contributed by atoms with van der Waals surface area (Å²) in [5, 5.41) is 7.01. The molecule has 0 unspecified atom stereocenters. The van der Waals surface area contributed by atoms with Crippen LogP contribution in [-0.2, 0) is 0 Å². The highest BCUT2D eigenvalue weighted by Crippen LogP contribution is 1.82. The minimum absolute atomic E-state index is 0.458. The molecule has 2 N–H and O–H groups in total. The Kier molecular flexibility index (Phi) is 3.77. The SMILES string of the molecule is CNC(=S)N/N=C\c1cnccn1. The maximum Gasteiger partial charge on any atom is 0.186 e. The summed E-state index contributed by atoms with van der Waals surface area (Å²) in [5.74, 6) is 0. The lowest BCUT2D eigenvalue weighted by Gasteiger charge is -1.98. The van der Waals surface area contributed by atoms with Gasteiger partial charge in [0.2, 0.25) is 0 Å². The molecule has 0 aliphatic carbocycles. The van der Waals surface area contributed by atoms with Crippen molar-refractivity contribution in [3.05, 3.63) is 24.3 Å². The van der Waals surface area contributed by atoms with Gasteiger partial charge in [-0.3, -0.25) is 15.4 Å². The Bertz CT molecular complexity index is 297. The second-order valence-electron chi connectivity index (χ2n) is 2.08. The molecule has 0 aromatic carbocycles. The summed E-state index contributed by atoms with van der Waals surface area (Å²) in [5.41, 5.74) is 3.28. The fraction of sp³-hybridized carbons (Fsp3) is 0.143. The highest BCUT2D eigenvalue weighted by Gasteiger charge is 1.87. The Morgan fingerprint density at radius 2 is 2.46 bits per heavy atom. The van der Waals surface area contributed by atoms with Crippen LogP contribution in [0.1, 0.15) is 5.69 Å². The molecule has 0 saturated heterocycles. The summed E-state index contributed by atoms with van der Waals surface area (Å²) in [7, 11) is 1.72. The monoisotopic (exact) mass is 195 g/mol. The van der Waals surface area contributed by atoms with E-state index in [-0.39, 0.29) is 0 Å². The molecule has 0 bridgehead atoms. The highest BCUT2D eigenvalue weighted by molar-refractivity contribution is 7.80. The van der Waals surface area contributed by atoms with Gasteiger partial charge in [0.25, 0.3) is 0 Å². The summed E-state index contributed by atoms with van der Waals surface area (Å²) in [6.45, 7) is 0. The van der Waals surface area contributed by atoms with E-state index in [1.54, 1.807) is 25.6 Å². The van der Waals surface area contributed by atoms with Gasteiger partial charge in [0.15, 0.2) is 5.11 Å². The molecule has 1 rings (SSSR count). The maximum atomic E-state index is 4.80. The zero-order valence-corrected chi connectivity index (χ0v) is 7.88. The van der Waals surface area contributed by atoms with Crippen LogP contribution in [0.3, 0.4) is 0 Å². The van der Waals surface area contributed by atoms with Crippen molar-refractivity contribution in [1.29, 1.82) is 0 Å². The van der Waals surface area contributed by atoms with Gasteiger partial charge in [0.05, 0.1) is 12.4 Å². The smallest absolute Gasteiger partial charge is 0.186 e. The highest BCUT2D eigenvalue weighted by atomic mass is 32.1. The summed E-state index contributed by atoms with van der Waals surface area (Å²) >= 11 is 4.80. The topological polar surface area (TPSA) is 62.2 Å². The first-order valence-electron chi connectivity index (χ1n) is 3.59. The lowest BCUT2D eigenvalue weighted by Crippen LogP contribution is -2.28. The maximum absolute atomic E-state index is 4.80. The van der Waals surface area contributed by atoms with Crippen molar-refractivity contribution in [2.24, 2.45) is 5.10 Å². The second-order valence-corrected chi connectivity index (χ2v) is 2.49. The van der Waals surface area contributed by atoms with Crippen LogP contribution in [0.25, 0.3) is 0 Å². The molecule has 13 heavy (non-hydrogen) atoms. The molecule has 0 aliphatic rings. The van der Waals surface area contributed by atoms with Crippen molar-refractivity contribution in [2.45, 2.75) is 0 Å². The molecule has 1 aromatic heterocycles. The van der Waals surface area contributed by atoms with Gasteiger partial charge in [-0.2, -0.15) is 5.10 Å². The predicted molar refractivity (Wildman–Crippen MR) is 54.4 cm³/mol. The molecule has 0 saturated carbocycles. The largest absolute Gasteiger partial charge is 0.364 e. The van der Waals surface area contributed by atoms with Gasteiger partial charge < -0.3 is 5.32 Å². The average Bonchev–Trinajstić information content (AvgIpc) is 2.19. The third-order valence-electron chi connectivity index (χ3n) is 1.17. The molecular weight excluding hydrogens is 186 g/mol. The van der Waals surface area contributed by atoms with Gasteiger partial charge in [-0.25, -0.2) is 0 Å². The molecule has 1 aromatic rings. The third-order valence-corrected chi connectivity index (χ3v) is 1.47. The van der Waals surface area contributed by atoms with E-state index >= 15 is 0 Å². The van der Waals surface area contributed by atoms with Crippen LogP contribution >= 0.6 is 12.2 Å². The fourth-order valence-electron chi connectivity index (χ4n) is 0.590. The van der Waals surface area contributed by atoms with Gasteiger partial charge in [0, 0.05) is 19.4 Å². The van der Waals surface area contributed by atoms with Gasteiger partial charge in [-0.15, -0.1) is 0 Å². The van der Waals surface area contributed by atoms with Crippen molar-refractivity contribution in [3.63, 3.8) is 0 Å². The Morgan fingerprint density at radius 3 is 3.08 bits per heavy atom. The van der Waals surface area contributed by atoms with Crippen LogP contribution in [0.4, 0.5) is 0 Å². The van der Waals surface area contributed by atoms with Crippen LogP contribution in [-0.4, -0.2) is 28.3 Å². The van der Waals surface area contributed by atoms with E-state index in [4.69, 9.17) is 12.2 Å². The standard InChI is InChI=1S/C7H9N5S/c1-8-7(13)12-11-5-6-4-9-2-3-10-6/h2-5H,1H3,(H2,8,12,13)/b11-5-. The van der Waals surface area contributed by atoms with Crippen LogP contribution < -0.4 is 10.7 Å². The van der Waals surface area contributed by atoms with Gasteiger partial charge >= 0.3 is 0 Å². The van der Waals surface area contributed by atoms with E-state index in [0.717, 1.165) is 0 Å². The summed E-state index contributed by atoms with van der Waals surface area (Å²) in [6, 6.07) is 0. The third kappa shape index (κ3) is 3.57. The molecule has 68 valence electrons. The molecular formula is C7H9N5S. The number of rotatable bonds is 2. The Balaban J connectivity index is 2.45. The Labute approximate surface area is 81.3 Å². The lowest BCUT2D eigenvalue weighted by molar-refractivity contribution is 0.979. The molecule has 0 amide bonds. The summed E-state index contributed by atoms with van der Waals surface area (Å²) < 4.78 is 0.